The van der Waals surface area contributed by atoms with Gasteiger partial charge < -0.3 is 10.6 Å². The molecule has 1 aromatic rings. The molecule has 1 amide bonds. The molecule has 84 valence electrons. The molecule has 0 spiro atoms. The van der Waals surface area contributed by atoms with Gasteiger partial charge in [0.15, 0.2) is 0 Å². The molecule has 0 fully saturated rings. The maximum atomic E-state index is 12.9. The van der Waals surface area contributed by atoms with E-state index in [1.165, 1.54) is 25.2 Å². The maximum absolute atomic E-state index is 12.9. The summed E-state index contributed by atoms with van der Waals surface area (Å²) in [6, 6.07) is 5.91. The minimum Gasteiger partial charge on any atom is -0.358 e. The molecule has 1 rings (SSSR count). The fourth-order valence-electron chi connectivity index (χ4n) is 1.22. The van der Waals surface area contributed by atoms with Crippen molar-refractivity contribution in [1.29, 1.82) is 5.26 Å². The number of hydrogen-bond acceptors (Lipinski definition) is 3. The number of likely N-dealkylation sites (N-methyl/N-ethyl adjacent to an activating group) is 1. The number of nitrogens with one attached hydrogen (secondary N) is 2. The van der Waals surface area contributed by atoms with E-state index in [0.29, 0.717) is 11.1 Å². The number of halogens is 1. The van der Waals surface area contributed by atoms with E-state index in [9.17, 15) is 9.18 Å². The molecule has 16 heavy (non-hydrogen) atoms. The fourth-order valence-corrected chi connectivity index (χ4v) is 1.22. The molecular weight excluding hydrogens is 209 g/mol. The Balaban J connectivity index is 2.63. The molecule has 2 N–H and O–H groups in total. The summed E-state index contributed by atoms with van der Waals surface area (Å²) in [4.78, 5) is 10.9. The number of carbonyl (C=O) groups excluding carboxylic acids is 1. The quantitative estimate of drug-likeness (QED) is 0.779. The Morgan fingerprint density at radius 1 is 1.56 bits per heavy atom. The lowest BCUT2D eigenvalue weighted by atomic mass is 10.1. The molecule has 0 aliphatic rings. The van der Waals surface area contributed by atoms with Gasteiger partial charge in [-0.05, 0) is 23.8 Å². The van der Waals surface area contributed by atoms with Crippen LogP contribution in [-0.4, -0.2) is 19.5 Å². The first kappa shape index (κ1) is 12.1. The van der Waals surface area contributed by atoms with Crippen LogP contribution in [0.3, 0.4) is 0 Å². The lowest BCUT2D eigenvalue weighted by Crippen LogP contribution is -2.31. The Morgan fingerprint density at radius 2 is 2.31 bits per heavy atom. The molecule has 0 radical (unpaired) electrons. The highest BCUT2D eigenvalue weighted by molar-refractivity contribution is 5.77. The van der Waals surface area contributed by atoms with Crippen molar-refractivity contribution in [2.45, 2.75) is 6.54 Å². The van der Waals surface area contributed by atoms with Crippen LogP contribution in [-0.2, 0) is 11.3 Å². The van der Waals surface area contributed by atoms with Gasteiger partial charge in [-0.15, -0.1) is 0 Å². The molecule has 1 aromatic carbocycles. The predicted octanol–water partition coefficient (Wildman–Crippen LogP) is 0.533. The molecule has 0 unspecified atom stereocenters. The van der Waals surface area contributed by atoms with Crippen molar-refractivity contribution in [3.05, 3.63) is 35.1 Å². The SMILES string of the molecule is CNC(=O)CNCc1cc(F)ccc1C#N. The molecule has 0 bridgehead atoms. The molecule has 0 saturated carbocycles. The number of carbonyl (C=O) groups is 1. The van der Waals surface area contributed by atoms with E-state index in [2.05, 4.69) is 10.6 Å². The van der Waals surface area contributed by atoms with Crippen molar-refractivity contribution >= 4 is 5.91 Å². The van der Waals surface area contributed by atoms with Crippen molar-refractivity contribution in [2.24, 2.45) is 0 Å². The standard InChI is InChI=1S/C11H12FN3O/c1-14-11(16)7-15-6-9-4-10(12)3-2-8(9)5-13/h2-4,15H,6-7H2,1H3,(H,14,16). The first-order valence-electron chi connectivity index (χ1n) is 4.77. The van der Waals surface area contributed by atoms with E-state index < -0.39 is 5.82 Å². The van der Waals surface area contributed by atoms with Crippen molar-refractivity contribution < 1.29 is 9.18 Å². The Kier molecular flexibility index (Phi) is 4.42. The summed E-state index contributed by atoms with van der Waals surface area (Å²) in [5.41, 5.74) is 0.956. The summed E-state index contributed by atoms with van der Waals surface area (Å²) in [5.74, 6) is -0.550. The molecule has 0 saturated heterocycles. The highest BCUT2D eigenvalue weighted by Crippen LogP contribution is 2.09. The normalized spacial score (nSPS) is 9.56. The van der Waals surface area contributed by atoms with Gasteiger partial charge in [0, 0.05) is 13.6 Å². The summed E-state index contributed by atoms with van der Waals surface area (Å²) in [7, 11) is 1.53. The Hall–Kier alpha value is -1.93. The second-order valence-electron chi connectivity index (χ2n) is 3.19. The average Bonchev–Trinajstić information content (AvgIpc) is 2.29. The number of benzene rings is 1. The zero-order valence-corrected chi connectivity index (χ0v) is 8.88. The number of amides is 1. The number of rotatable bonds is 4. The largest absolute Gasteiger partial charge is 0.358 e. The van der Waals surface area contributed by atoms with Gasteiger partial charge in [-0.2, -0.15) is 5.26 Å². The number of nitriles is 1. The maximum Gasteiger partial charge on any atom is 0.233 e. The highest BCUT2D eigenvalue weighted by Gasteiger charge is 2.04. The molecule has 0 aromatic heterocycles. The molecule has 0 atom stereocenters. The van der Waals surface area contributed by atoms with Gasteiger partial charge in [0.05, 0.1) is 18.2 Å². The van der Waals surface area contributed by atoms with Gasteiger partial charge in [-0.3, -0.25) is 4.79 Å². The van der Waals surface area contributed by atoms with Crippen LogP contribution in [0.1, 0.15) is 11.1 Å². The Labute approximate surface area is 93.1 Å². The molecule has 0 aliphatic carbocycles. The van der Waals surface area contributed by atoms with Crippen LogP contribution in [0, 0.1) is 17.1 Å². The fraction of sp³-hybridized carbons (Fsp3) is 0.273. The summed E-state index contributed by atoms with van der Waals surface area (Å²) in [6.45, 7) is 0.423. The third-order valence-corrected chi connectivity index (χ3v) is 2.07. The van der Waals surface area contributed by atoms with Crippen LogP contribution < -0.4 is 10.6 Å². The van der Waals surface area contributed by atoms with E-state index in [1.54, 1.807) is 0 Å². The van der Waals surface area contributed by atoms with Crippen LogP contribution in [0.15, 0.2) is 18.2 Å². The van der Waals surface area contributed by atoms with Gasteiger partial charge in [0.2, 0.25) is 5.91 Å². The van der Waals surface area contributed by atoms with Gasteiger partial charge in [-0.1, -0.05) is 0 Å². The minimum atomic E-state index is -0.393. The van der Waals surface area contributed by atoms with E-state index in [-0.39, 0.29) is 19.0 Å². The average molecular weight is 221 g/mol. The third-order valence-electron chi connectivity index (χ3n) is 2.07. The van der Waals surface area contributed by atoms with E-state index in [4.69, 9.17) is 5.26 Å². The minimum absolute atomic E-state index is 0.137. The van der Waals surface area contributed by atoms with Crippen LogP contribution in [0.2, 0.25) is 0 Å². The highest BCUT2D eigenvalue weighted by atomic mass is 19.1. The van der Waals surface area contributed by atoms with Gasteiger partial charge in [-0.25, -0.2) is 4.39 Å². The first-order chi connectivity index (χ1) is 7.67. The zero-order valence-electron chi connectivity index (χ0n) is 8.88. The van der Waals surface area contributed by atoms with Crippen LogP contribution in [0.4, 0.5) is 4.39 Å². The summed E-state index contributed by atoms with van der Waals surface area (Å²) < 4.78 is 12.9. The zero-order chi connectivity index (χ0) is 12.0. The Morgan fingerprint density at radius 3 is 2.94 bits per heavy atom. The Bertz CT molecular complexity index is 426. The second kappa shape index (κ2) is 5.83. The van der Waals surface area contributed by atoms with Gasteiger partial charge in [0.25, 0.3) is 0 Å². The molecule has 0 aliphatic heterocycles. The second-order valence-corrected chi connectivity index (χ2v) is 3.19. The van der Waals surface area contributed by atoms with Crippen LogP contribution in [0.25, 0.3) is 0 Å². The molecule has 0 heterocycles. The topological polar surface area (TPSA) is 64.9 Å². The van der Waals surface area contributed by atoms with E-state index in [1.807, 2.05) is 6.07 Å². The van der Waals surface area contributed by atoms with Crippen molar-refractivity contribution in [2.75, 3.05) is 13.6 Å². The lowest BCUT2D eigenvalue weighted by molar-refractivity contribution is -0.119. The van der Waals surface area contributed by atoms with Gasteiger partial charge >= 0.3 is 0 Å². The monoisotopic (exact) mass is 221 g/mol. The molecular formula is C11H12FN3O. The third kappa shape index (κ3) is 3.33. The lowest BCUT2D eigenvalue weighted by Gasteiger charge is -2.05. The smallest absolute Gasteiger partial charge is 0.233 e. The number of nitrogens with zero attached hydrogens (tertiary/aromatic N) is 1. The summed E-state index contributed by atoms with van der Waals surface area (Å²) >= 11 is 0. The summed E-state index contributed by atoms with van der Waals surface area (Å²) in [5, 5.41) is 14.1. The van der Waals surface area contributed by atoms with E-state index in [0.717, 1.165) is 0 Å². The van der Waals surface area contributed by atoms with Crippen molar-refractivity contribution in [3.8, 4) is 6.07 Å². The van der Waals surface area contributed by atoms with Crippen LogP contribution >= 0.6 is 0 Å². The van der Waals surface area contributed by atoms with Crippen molar-refractivity contribution in [3.63, 3.8) is 0 Å². The number of hydrogen-bond donors (Lipinski definition) is 2. The first-order valence-corrected chi connectivity index (χ1v) is 4.77. The van der Waals surface area contributed by atoms with Gasteiger partial charge in [0.1, 0.15) is 5.82 Å². The van der Waals surface area contributed by atoms with E-state index >= 15 is 0 Å². The van der Waals surface area contributed by atoms with Crippen LogP contribution in [0.5, 0.6) is 0 Å². The predicted molar refractivity (Wildman–Crippen MR) is 56.9 cm³/mol. The summed E-state index contributed by atoms with van der Waals surface area (Å²) in [6.07, 6.45) is 0. The molecule has 5 heteroatoms. The van der Waals surface area contributed by atoms with Crippen molar-refractivity contribution in [1.82, 2.24) is 10.6 Å². The molecule has 4 nitrogen and oxygen atoms in total.